The molecule has 0 atom stereocenters. The smallest absolute Gasteiger partial charge is 0.254 e. The Labute approximate surface area is 185 Å². The summed E-state index contributed by atoms with van der Waals surface area (Å²) in [6.07, 6.45) is 0. The molecule has 0 saturated carbocycles. The highest BCUT2D eigenvalue weighted by Crippen LogP contribution is 2.18. The van der Waals surface area contributed by atoms with E-state index < -0.39 is 10.0 Å². The normalized spacial score (nSPS) is 16.4. The molecular formula is C21H25BrN4O3S. The number of hydrogen-bond donors (Lipinski definition) is 1. The topological polar surface area (TPSA) is 82.1 Å². The molecule has 30 heavy (non-hydrogen) atoms. The van der Waals surface area contributed by atoms with Crippen LogP contribution in [0.2, 0.25) is 0 Å². The molecule has 1 aliphatic rings. The van der Waals surface area contributed by atoms with E-state index in [0.29, 0.717) is 36.8 Å². The fraction of sp³-hybridized carbons (Fsp3) is 0.333. The van der Waals surface area contributed by atoms with E-state index in [2.05, 4.69) is 26.5 Å². The van der Waals surface area contributed by atoms with Gasteiger partial charge >= 0.3 is 0 Å². The molecule has 1 aliphatic heterocycles. The molecular weight excluding hydrogens is 468 g/mol. The van der Waals surface area contributed by atoms with Crippen LogP contribution in [0.5, 0.6) is 0 Å². The van der Waals surface area contributed by atoms with Crippen molar-refractivity contribution in [3.8, 4) is 0 Å². The first-order valence-corrected chi connectivity index (χ1v) is 11.9. The number of halogens is 1. The van der Waals surface area contributed by atoms with Crippen LogP contribution in [-0.2, 0) is 14.8 Å². The Hall–Kier alpha value is -2.07. The molecule has 3 rings (SSSR count). The van der Waals surface area contributed by atoms with Crippen LogP contribution in [0.4, 0.5) is 0 Å². The van der Waals surface area contributed by atoms with Crippen molar-refractivity contribution < 1.29 is 13.2 Å². The molecule has 0 aliphatic carbocycles. The number of nitrogens with zero attached hydrogens (tertiary/aromatic N) is 3. The molecule has 160 valence electrons. The number of carbonyl (C=O) groups excluding carboxylic acids is 1. The molecule has 0 aromatic heterocycles. The van der Waals surface area contributed by atoms with Crippen LogP contribution >= 0.6 is 15.9 Å². The van der Waals surface area contributed by atoms with Gasteiger partial charge in [-0.15, -0.1) is 0 Å². The largest absolute Gasteiger partial charge is 0.292 e. The van der Waals surface area contributed by atoms with Gasteiger partial charge in [-0.25, -0.2) is 13.8 Å². The van der Waals surface area contributed by atoms with Crippen molar-refractivity contribution in [1.29, 1.82) is 0 Å². The van der Waals surface area contributed by atoms with Gasteiger partial charge in [-0.1, -0.05) is 45.8 Å². The zero-order valence-electron chi connectivity index (χ0n) is 17.0. The van der Waals surface area contributed by atoms with Crippen molar-refractivity contribution in [3.05, 3.63) is 64.1 Å². The second-order valence-corrected chi connectivity index (χ2v) is 10.1. The summed E-state index contributed by atoms with van der Waals surface area (Å²) in [6.45, 7) is 5.62. The molecule has 0 unspecified atom stereocenters. The van der Waals surface area contributed by atoms with Gasteiger partial charge in [0.25, 0.3) is 5.91 Å². The molecule has 1 heterocycles. The first-order chi connectivity index (χ1) is 14.3. The highest BCUT2D eigenvalue weighted by atomic mass is 79.9. The molecule has 1 saturated heterocycles. The summed E-state index contributed by atoms with van der Waals surface area (Å²) in [5, 5.41) is 4.16. The lowest BCUT2D eigenvalue weighted by Crippen LogP contribution is -2.50. The van der Waals surface area contributed by atoms with Gasteiger partial charge in [0.2, 0.25) is 10.0 Å². The molecule has 0 bridgehead atoms. The minimum atomic E-state index is -3.50. The van der Waals surface area contributed by atoms with Crippen molar-refractivity contribution in [2.75, 3.05) is 32.7 Å². The van der Waals surface area contributed by atoms with Crippen LogP contribution in [0.3, 0.4) is 0 Å². The lowest BCUT2D eigenvalue weighted by molar-refractivity contribution is -0.122. The van der Waals surface area contributed by atoms with Crippen molar-refractivity contribution in [2.45, 2.75) is 18.7 Å². The number of rotatable bonds is 6. The quantitative estimate of drug-likeness (QED) is 0.496. The molecule has 7 nitrogen and oxygen atoms in total. The van der Waals surface area contributed by atoms with Gasteiger partial charge in [0.05, 0.1) is 17.2 Å². The summed E-state index contributed by atoms with van der Waals surface area (Å²) in [5.41, 5.74) is 5.23. The maximum absolute atomic E-state index is 12.8. The Kier molecular flexibility index (Phi) is 7.41. The number of hydrogen-bond acceptors (Lipinski definition) is 5. The summed E-state index contributed by atoms with van der Waals surface area (Å²) in [7, 11) is -3.50. The monoisotopic (exact) mass is 492 g/mol. The third-order valence-electron chi connectivity index (χ3n) is 4.97. The van der Waals surface area contributed by atoms with E-state index in [4.69, 9.17) is 0 Å². The molecule has 1 N–H and O–H groups in total. The average Bonchev–Trinajstić information content (AvgIpc) is 2.73. The first-order valence-electron chi connectivity index (χ1n) is 9.64. The van der Waals surface area contributed by atoms with Crippen molar-refractivity contribution in [3.63, 3.8) is 0 Å². The van der Waals surface area contributed by atoms with Crippen LogP contribution in [-0.4, -0.2) is 62.0 Å². The van der Waals surface area contributed by atoms with Crippen LogP contribution in [0.25, 0.3) is 0 Å². The highest BCUT2D eigenvalue weighted by Gasteiger charge is 2.28. The number of carbonyl (C=O) groups is 1. The summed E-state index contributed by atoms with van der Waals surface area (Å²) in [5.74, 6) is -0.221. The Bertz CT molecular complexity index is 1010. The Balaban J connectivity index is 1.50. The lowest BCUT2D eigenvalue weighted by atomic mass is 10.1. The molecule has 1 fully saturated rings. The Morgan fingerprint density at radius 1 is 1.03 bits per heavy atom. The van der Waals surface area contributed by atoms with E-state index >= 15 is 0 Å². The molecule has 0 radical (unpaired) electrons. The summed E-state index contributed by atoms with van der Waals surface area (Å²) >= 11 is 3.39. The zero-order chi connectivity index (χ0) is 21.7. The second kappa shape index (κ2) is 9.82. The minimum Gasteiger partial charge on any atom is -0.292 e. The number of hydrazone groups is 1. The average molecular weight is 493 g/mol. The standard InChI is InChI=1S/C21H25BrN4O3S/c1-16-3-9-20(10-4-16)30(28,29)26-13-11-25(12-14-26)15-21(27)24-23-17(2)18-5-7-19(22)8-6-18/h3-10H,11-15H2,1-2H3,(H,24,27)/b23-17-. The van der Waals surface area contributed by atoms with Gasteiger partial charge in [-0.2, -0.15) is 9.41 Å². The predicted octanol–water partition coefficient (Wildman–Crippen LogP) is 2.60. The Morgan fingerprint density at radius 2 is 1.63 bits per heavy atom. The summed E-state index contributed by atoms with van der Waals surface area (Å²) < 4.78 is 28.0. The molecule has 9 heteroatoms. The van der Waals surface area contributed by atoms with E-state index in [1.807, 2.05) is 43.0 Å². The molecule has 2 aromatic rings. The predicted molar refractivity (Wildman–Crippen MR) is 121 cm³/mol. The van der Waals surface area contributed by atoms with E-state index in [0.717, 1.165) is 15.6 Å². The van der Waals surface area contributed by atoms with Gasteiger partial charge in [0.15, 0.2) is 0 Å². The highest BCUT2D eigenvalue weighted by molar-refractivity contribution is 9.10. The first kappa shape index (κ1) is 22.6. The number of piperazine rings is 1. The van der Waals surface area contributed by atoms with Gasteiger partial charge in [-0.3, -0.25) is 9.69 Å². The van der Waals surface area contributed by atoms with E-state index in [1.165, 1.54) is 4.31 Å². The third kappa shape index (κ3) is 5.75. The van der Waals surface area contributed by atoms with E-state index in [9.17, 15) is 13.2 Å². The number of aryl methyl sites for hydroxylation is 1. The third-order valence-corrected chi connectivity index (χ3v) is 7.41. The summed E-state index contributed by atoms with van der Waals surface area (Å²) in [4.78, 5) is 14.5. The van der Waals surface area contributed by atoms with Crippen LogP contribution in [0, 0.1) is 6.92 Å². The Morgan fingerprint density at radius 3 is 2.23 bits per heavy atom. The zero-order valence-corrected chi connectivity index (χ0v) is 19.4. The molecule has 0 spiro atoms. The SMILES string of the molecule is C/C(=N/NC(=O)CN1CCN(S(=O)(=O)c2ccc(C)cc2)CC1)c1ccc(Br)cc1. The van der Waals surface area contributed by atoms with Crippen LogP contribution in [0.15, 0.2) is 63.0 Å². The number of sulfonamides is 1. The second-order valence-electron chi connectivity index (χ2n) is 7.23. The summed E-state index contributed by atoms with van der Waals surface area (Å²) in [6, 6.07) is 14.5. The van der Waals surface area contributed by atoms with Crippen LogP contribution in [0.1, 0.15) is 18.1 Å². The number of benzene rings is 2. The van der Waals surface area contributed by atoms with Crippen molar-refractivity contribution in [2.24, 2.45) is 5.10 Å². The van der Waals surface area contributed by atoms with Gasteiger partial charge in [0.1, 0.15) is 0 Å². The molecule has 2 aromatic carbocycles. The fourth-order valence-corrected chi connectivity index (χ4v) is 4.81. The van der Waals surface area contributed by atoms with Crippen molar-refractivity contribution >= 4 is 37.6 Å². The minimum absolute atomic E-state index is 0.176. The van der Waals surface area contributed by atoms with Crippen molar-refractivity contribution in [1.82, 2.24) is 14.6 Å². The van der Waals surface area contributed by atoms with Gasteiger partial charge in [-0.05, 0) is 43.7 Å². The lowest BCUT2D eigenvalue weighted by Gasteiger charge is -2.33. The maximum atomic E-state index is 12.8. The fourth-order valence-electron chi connectivity index (χ4n) is 3.13. The molecule has 1 amide bonds. The maximum Gasteiger partial charge on any atom is 0.254 e. The number of amides is 1. The van der Waals surface area contributed by atoms with E-state index in [-0.39, 0.29) is 12.5 Å². The van der Waals surface area contributed by atoms with E-state index in [1.54, 1.807) is 24.3 Å². The van der Waals surface area contributed by atoms with Gasteiger partial charge < -0.3 is 0 Å². The number of nitrogens with one attached hydrogen (secondary N) is 1. The van der Waals surface area contributed by atoms with Gasteiger partial charge in [0, 0.05) is 30.7 Å². The van der Waals surface area contributed by atoms with Crippen LogP contribution < -0.4 is 5.43 Å².